The Morgan fingerprint density at radius 1 is 1.29 bits per heavy atom. The minimum Gasteiger partial charge on any atom is -0.368 e. The largest absolute Gasteiger partial charge is 0.368 e. The highest BCUT2D eigenvalue weighted by molar-refractivity contribution is 6.35. The van der Waals surface area contributed by atoms with E-state index in [9.17, 15) is 4.79 Å². The monoisotopic (exact) mass is 512 g/mol. The Labute approximate surface area is 215 Å². The number of aryl methyl sites for hydroxylation is 1. The summed E-state index contributed by atoms with van der Waals surface area (Å²) in [5, 5.41) is 5.95. The topological polar surface area (TPSA) is 89.9 Å². The van der Waals surface area contributed by atoms with Gasteiger partial charge in [-0.1, -0.05) is 42.3 Å². The van der Waals surface area contributed by atoms with Crippen LogP contribution in [0.1, 0.15) is 62.5 Å². The van der Waals surface area contributed by atoms with E-state index in [1.807, 2.05) is 36.9 Å². The van der Waals surface area contributed by atoms with Crippen LogP contribution in [0.2, 0.25) is 10.0 Å². The van der Waals surface area contributed by atoms with Gasteiger partial charge in [-0.25, -0.2) is 14.6 Å². The molecule has 1 amide bonds. The number of benzene rings is 1. The molecular formula is C26H30Cl2N6O. The first kappa shape index (κ1) is 24.2. The molecule has 1 saturated heterocycles. The molecule has 4 atom stereocenters. The molecule has 3 heterocycles. The van der Waals surface area contributed by atoms with Crippen molar-refractivity contribution in [2.24, 2.45) is 11.7 Å². The number of rotatable bonds is 5. The first-order chi connectivity index (χ1) is 16.7. The molecule has 7 nitrogen and oxygen atoms in total. The fraction of sp³-hybridized carbons (Fsp3) is 0.462. The number of allylic oxidation sites excluding steroid dienone is 1. The minimum absolute atomic E-state index is 0.134. The van der Waals surface area contributed by atoms with Gasteiger partial charge in [-0.2, -0.15) is 5.10 Å². The second-order valence-electron chi connectivity index (χ2n) is 9.81. The number of nitrogens with two attached hydrogens (primary N) is 1. The molecule has 1 fully saturated rings. The van der Waals surface area contributed by atoms with Crippen molar-refractivity contribution in [1.82, 2.24) is 24.6 Å². The number of amides is 1. The molecule has 1 unspecified atom stereocenters. The maximum Gasteiger partial charge on any atom is 0.234 e. The number of likely N-dealkylation sites (tertiary alicyclic amines) is 1. The SMILES string of the molecule is Cc1nn([C@H](C)c2ccc(Cl)cc2Cl)c2nc(C3=CCC(N4CCC[C@H]4C(N)=O)[C@H](C)C3)cnc12. The summed E-state index contributed by atoms with van der Waals surface area (Å²) in [5.41, 5.74) is 11.0. The minimum atomic E-state index is -0.209. The molecular weight excluding hydrogens is 483 g/mol. The van der Waals surface area contributed by atoms with Crippen molar-refractivity contribution in [3.63, 3.8) is 0 Å². The van der Waals surface area contributed by atoms with E-state index in [4.69, 9.17) is 44.0 Å². The lowest BCUT2D eigenvalue weighted by atomic mass is 9.83. The summed E-state index contributed by atoms with van der Waals surface area (Å²) < 4.78 is 1.90. The number of aromatic nitrogens is 4. The van der Waals surface area contributed by atoms with Crippen molar-refractivity contribution in [1.29, 1.82) is 0 Å². The van der Waals surface area contributed by atoms with E-state index in [0.29, 0.717) is 22.0 Å². The van der Waals surface area contributed by atoms with Crippen molar-refractivity contribution in [2.45, 2.75) is 64.6 Å². The Bertz CT molecular complexity index is 1320. The van der Waals surface area contributed by atoms with E-state index in [0.717, 1.165) is 60.3 Å². The first-order valence-electron chi connectivity index (χ1n) is 12.2. The Morgan fingerprint density at radius 3 is 2.80 bits per heavy atom. The van der Waals surface area contributed by atoms with Crippen molar-refractivity contribution in [2.75, 3.05) is 6.54 Å². The molecule has 2 aliphatic rings. The number of primary amides is 1. The Balaban J connectivity index is 1.46. The first-order valence-corrected chi connectivity index (χ1v) is 12.9. The van der Waals surface area contributed by atoms with Gasteiger partial charge in [-0.15, -0.1) is 0 Å². The normalized spacial score (nSPS) is 24.0. The van der Waals surface area contributed by atoms with Gasteiger partial charge in [0, 0.05) is 16.1 Å². The van der Waals surface area contributed by atoms with Crippen molar-refractivity contribution in [3.8, 4) is 0 Å². The summed E-state index contributed by atoms with van der Waals surface area (Å²) in [4.78, 5) is 24.0. The summed E-state index contributed by atoms with van der Waals surface area (Å²) in [6.07, 6.45) is 7.73. The van der Waals surface area contributed by atoms with Gasteiger partial charge >= 0.3 is 0 Å². The Kier molecular flexibility index (Phi) is 6.59. The summed E-state index contributed by atoms with van der Waals surface area (Å²) in [6.45, 7) is 7.17. The molecule has 2 aromatic heterocycles. The van der Waals surface area contributed by atoms with Crippen LogP contribution in [-0.2, 0) is 4.79 Å². The maximum atomic E-state index is 11.9. The molecule has 0 bridgehead atoms. The van der Waals surface area contributed by atoms with Crippen LogP contribution in [0.3, 0.4) is 0 Å². The molecule has 3 aromatic rings. The van der Waals surface area contributed by atoms with Crippen LogP contribution < -0.4 is 5.73 Å². The summed E-state index contributed by atoms with van der Waals surface area (Å²) in [7, 11) is 0. The Hall–Kier alpha value is -2.48. The number of carbonyl (C=O) groups is 1. The molecule has 0 saturated carbocycles. The summed E-state index contributed by atoms with van der Waals surface area (Å²) in [6, 6.07) is 5.55. The smallest absolute Gasteiger partial charge is 0.234 e. The van der Waals surface area contributed by atoms with Crippen LogP contribution >= 0.6 is 23.2 Å². The lowest BCUT2D eigenvalue weighted by Crippen LogP contribution is -2.48. The second kappa shape index (κ2) is 9.52. The van der Waals surface area contributed by atoms with Crippen LogP contribution in [0.4, 0.5) is 0 Å². The molecule has 0 spiro atoms. The average Bonchev–Trinajstić information content (AvgIpc) is 3.43. The van der Waals surface area contributed by atoms with Crippen molar-refractivity contribution in [3.05, 3.63) is 57.5 Å². The zero-order chi connectivity index (χ0) is 24.9. The molecule has 184 valence electrons. The van der Waals surface area contributed by atoms with Crippen LogP contribution in [0.15, 0.2) is 30.5 Å². The molecule has 2 N–H and O–H groups in total. The van der Waals surface area contributed by atoms with Gasteiger partial charge in [-0.3, -0.25) is 9.69 Å². The fourth-order valence-corrected chi connectivity index (χ4v) is 6.24. The van der Waals surface area contributed by atoms with Gasteiger partial charge in [0.2, 0.25) is 5.91 Å². The molecule has 0 radical (unpaired) electrons. The molecule has 1 aliphatic heterocycles. The zero-order valence-corrected chi connectivity index (χ0v) is 21.7. The van der Waals surface area contributed by atoms with E-state index in [-0.39, 0.29) is 18.0 Å². The highest BCUT2D eigenvalue weighted by Gasteiger charge is 2.37. The fourth-order valence-electron chi connectivity index (χ4n) is 5.67. The number of hydrogen-bond donors (Lipinski definition) is 1. The van der Waals surface area contributed by atoms with E-state index >= 15 is 0 Å². The number of hydrogen-bond acceptors (Lipinski definition) is 5. The third kappa shape index (κ3) is 4.46. The highest BCUT2D eigenvalue weighted by atomic mass is 35.5. The second-order valence-corrected chi connectivity index (χ2v) is 10.7. The highest BCUT2D eigenvalue weighted by Crippen LogP contribution is 2.37. The van der Waals surface area contributed by atoms with E-state index in [1.165, 1.54) is 5.57 Å². The standard InChI is InChI=1S/C26H30Cl2N6O/c1-14-11-17(6-9-22(14)33-10-4-5-23(33)25(29)35)21-13-30-24-15(2)32-34(26(24)31-21)16(3)19-8-7-18(27)12-20(19)28/h6-8,12-14,16,22-23H,4-5,9-11H2,1-3H3,(H2,29,35)/t14-,16-,22?,23+/m1/s1. The van der Waals surface area contributed by atoms with Crippen LogP contribution in [-0.4, -0.2) is 49.2 Å². The summed E-state index contributed by atoms with van der Waals surface area (Å²) in [5.74, 6) is 0.172. The molecule has 1 aliphatic carbocycles. The van der Waals surface area contributed by atoms with Crippen molar-refractivity contribution >= 4 is 45.8 Å². The number of carbonyl (C=O) groups excluding carboxylic acids is 1. The van der Waals surface area contributed by atoms with E-state index in [2.05, 4.69) is 17.9 Å². The van der Waals surface area contributed by atoms with Gasteiger partial charge in [0.05, 0.1) is 29.7 Å². The molecule has 35 heavy (non-hydrogen) atoms. The molecule has 9 heteroatoms. The molecule has 1 aromatic carbocycles. The van der Waals surface area contributed by atoms with Crippen LogP contribution in [0.5, 0.6) is 0 Å². The van der Waals surface area contributed by atoms with Gasteiger partial charge in [-0.05, 0) is 75.3 Å². The number of nitrogens with zero attached hydrogens (tertiary/aromatic N) is 5. The van der Waals surface area contributed by atoms with Gasteiger partial charge < -0.3 is 5.73 Å². The maximum absolute atomic E-state index is 11.9. The predicted octanol–water partition coefficient (Wildman–Crippen LogP) is 5.18. The van der Waals surface area contributed by atoms with Gasteiger partial charge in [0.1, 0.15) is 5.52 Å². The third-order valence-corrected chi connectivity index (χ3v) is 8.10. The molecule has 5 rings (SSSR count). The third-order valence-electron chi connectivity index (χ3n) is 7.53. The number of halogens is 2. The van der Waals surface area contributed by atoms with Crippen LogP contribution in [0, 0.1) is 12.8 Å². The summed E-state index contributed by atoms with van der Waals surface area (Å²) >= 11 is 12.6. The zero-order valence-electron chi connectivity index (χ0n) is 20.2. The average molecular weight is 513 g/mol. The quantitative estimate of drug-likeness (QED) is 0.508. The van der Waals surface area contributed by atoms with E-state index < -0.39 is 0 Å². The van der Waals surface area contributed by atoms with Crippen LogP contribution in [0.25, 0.3) is 16.7 Å². The van der Waals surface area contributed by atoms with E-state index in [1.54, 1.807) is 6.07 Å². The Morgan fingerprint density at radius 2 is 2.09 bits per heavy atom. The van der Waals surface area contributed by atoms with Crippen molar-refractivity contribution < 1.29 is 4.79 Å². The lowest BCUT2D eigenvalue weighted by molar-refractivity contribution is -0.123. The van der Waals surface area contributed by atoms with Gasteiger partial charge in [0.15, 0.2) is 5.65 Å². The predicted molar refractivity (Wildman–Crippen MR) is 139 cm³/mol. The van der Waals surface area contributed by atoms with Gasteiger partial charge in [0.25, 0.3) is 0 Å². The lowest BCUT2D eigenvalue weighted by Gasteiger charge is -2.38. The number of fused-ring (bicyclic) bond motifs is 1.